The number of hydrogen-bond donors (Lipinski definition) is 2. The third-order valence-electron chi connectivity index (χ3n) is 2.02. The molecule has 0 aliphatic carbocycles. The highest BCUT2D eigenvalue weighted by Crippen LogP contribution is 2.05. The topological polar surface area (TPSA) is 41.5 Å². The molecule has 2 N–H and O–H groups in total. The van der Waals surface area contributed by atoms with Crippen LogP contribution >= 0.6 is 11.3 Å². The van der Waals surface area contributed by atoms with E-state index in [-0.39, 0.29) is 12.6 Å². The zero-order valence-electron chi connectivity index (χ0n) is 8.40. The third kappa shape index (κ3) is 4.19. The highest BCUT2D eigenvalue weighted by molar-refractivity contribution is 7.07. The van der Waals surface area contributed by atoms with Crippen molar-refractivity contribution in [1.82, 2.24) is 5.32 Å². The Hall–Kier alpha value is -0.420. The van der Waals surface area contributed by atoms with Crippen LogP contribution in [0, 0.1) is 0 Å². The van der Waals surface area contributed by atoms with Crippen LogP contribution in [-0.4, -0.2) is 38.0 Å². The predicted octanol–water partition coefficient (Wildman–Crippen LogP) is 0.887. The Morgan fingerprint density at radius 2 is 2.50 bits per heavy atom. The first kappa shape index (κ1) is 11.7. The summed E-state index contributed by atoms with van der Waals surface area (Å²) in [4.78, 5) is 0. The van der Waals surface area contributed by atoms with Crippen LogP contribution in [0.3, 0.4) is 0 Å². The summed E-state index contributed by atoms with van der Waals surface area (Å²) in [5.41, 5.74) is 1.34. The normalized spacial score (nSPS) is 13.0. The van der Waals surface area contributed by atoms with E-state index in [4.69, 9.17) is 9.84 Å². The van der Waals surface area contributed by atoms with E-state index in [1.165, 1.54) is 5.56 Å². The number of rotatable bonds is 7. The van der Waals surface area contributed by atoms with Gasteiger partial charge in [0.25, 0.3) is 0 Å². The number of methoxy groups -OCH3 is 1. The minimum Gasteiger partial charge on any atom is -0.395 e. The third-order valence-corrected chi connectivity index (χ3v) is 2.75. The molecule has 1 rings (SSSR count). The van der Waals surface area contributed by atoms with Gasteiger partial charge in [0.2, 0.25) is 0 Å². The summed E-state index contributed by atoms with van der Waals surface area (Å²) < 4.78 is 4.96. The first-order valence-electron chi connectivity index (χ1n) is 4.71. The zero-order chi connectivity index (χ0) is 10.2. The van der Waals surface area contributed by atoms with Gasteiger partial charge >= 0.3 is 0 Å². The summed E-state index contributed by atoms with van der Waals surface area (Å²) in [6.07, 6.45) is 1.00. The highest BCUT2D eigenvalue weighted by atomic mass is 32.1. The summed E-state index contributed by atoms with van der Waals surface area (Å²) in [5.74, 6) is 0. The molecule has 0 spiro atoms. The van der Waals surface area contributed by atoms with Crippen LogP contribution in [0.4, 0.5) is 0 Å². The van der Waals surface area contributed by atoms with Gasteiger partial charge in [-0.15, -0.1) is 0 Å². The number of aliphatic hydroxyl groups excluding tert-OH is 1. The second kappa shape index (κ2) is 6.95. The number of thiophene rings is 1. The SMILES string of the molecule is COCC(CO)NCCc1ccsc1. The molecule has 80 valence electrons. The van der Waals surface area contributed by atoms with Gasteiger partial charge in [0, 0.05) is 7.11 Å². The van der Waals surface area contributed by atoms with Gasteiger partial charge < -0.3 is 15.2 Å². The lowest BCUT2D eigenvalue weighted by molar-refractivity contribution is 0.129. The molecule has 0 radical (unpaired) electrons. The van der Waals surface area contributed by atoms with Crippen LogP contribution in [0.1, 0.15) is 5.56 Å². The summed E-state index contributed by atoms with van der Waals surface area (Å²) >= 11 is 1.71. The van der Waals surface area contributed by atoms with Gasteiger partial charge in [0.1, 0.15) is 0 Å². The predicted molar refractivity (Wildman–Crippen MR) is 58.8 cm³/mol. The van der Waals surface area contributed by atoms with Gasteiger partial charge in [-0.2, -0.15) is 11.3 Å². The Balaban J connectivity index is 2.13. The Bertz CT molecular complexity index is 226. The standard InChI is InChI=1S/C10H17NO2S/c1-13-7-10(6-12)11-4-2-9-3-5-14-8-9/h3,5,8,10-12H,2,4,6-7H2,1H3. The average molecular weight is 215 g/mol. The van der Waals surface area contributed by atoms with Crippen molar-refractivity contribution in [2.75, 3.05) is 26.9 Å². The first-order valence-corrected chi connectivity index (χ1v) is 5.65. The lowest BCUT2D eigenvalue weighted by Gasteiger charge is -2.14. The van der Waals surface area contributed by atoms with Gasteiger partial charge in [-0.05, 0) is 35.4 Å². The molecule has 3 nitrogen and oxygen atoms in total. The molecule has 4 heteroatoms. The summed E-state index contributed by atoms with van der Waals surface area (Å²) in [7, 11) is 1.64. The smallest absolute Gasteiger partial charge is 0.0638 e. The van der Waals surface area contributed by atoms with Crippen molar-refractivity contribution in [2.24, 2.45) is 0 Å². The van der Waals surface area contributed by atoms with E-state index in [9.17, 15) is 0 Å². The average Bonchev–Trinajstić information content (AvgIpc) is 2.69. The van der Waals surface area contributed by atoms with Gasteiger partial charge in [0.15, 0.2) is 0 Å². The lowest BCUT2D eigenvalue weighted by atomic mass is 10.2. The van der Waals surface area contributed by atoms with Crippen molar-refractivity contribution < 1.29 is 9.84 Å². The van der Waals surface area contributed by atoms with Crippen molar-refractivity contribution in [3.63, 3.8) is 0 Å². The molecule has 1 atom stereocenters. The van der Waals surface area contributed by atoms with Crippen LogP contribution in [0.2, 0.25) is 0 Å². The van der Waals surface area contributed by atoms with Crippen molar-refractivity contribution in [3.8, 4) is 0 Å². The van der Waals surface area contributed by atoms with E-state index < -0.39 is 0 Å². The Labute approximate surface area is 88.7 Å². The zero-order valence-corrected chi connectivity index (χ0v) is 9.22. The number of aliphatic hydroxyl groups is 1. The number of ether oxygens (including phenoxy) is 1. The van der Waals surface area contributed by atoms with Gasteiger partial charge in [-0.1, -0.05) is 0 Å². The Morgan fingerprint density at radius 3 is 3.07 bits per heavy atom. The largest absolute Gasteiger partial charge is 0.395 e. The molecular formula is C10H17NO2S. The van der Waals surface area contributed by atoms with Gasteiger partial charge in [-0.25, -0.2) is 0 Å². The molecule has 0 fully saturated rings. The number of nitrogens with one attached hydrogen (secondary N) is 1. The molecular weight excluding hydrogens is 198 g/mol. The van der Waals surface area contributed by atoms with Crippen LogP contribution in [0.25, 0.3) is 0 Å². The molecule has 0 aliphatic heterocycles. The van der Waals surface area contributed by atoms with Crippen LogP contribution in [0.15, 0.2) is 16.8 Å². The molecule has 0 saturated heterocycles. The molecule has 0 aliphatic rings. The number of hydrogen-bond acceptors (Lipinski definition) is 4. The van der Waals surface area contributed by atoms with Crippen LogP contribution in [0.5, 0.6) is 0 Å². The molecule has 1 aromatic heterocycles. The van der Waals surface area contributed by atoms with Gasteiger partial charge in [-0.3, -0.25) is 0 Å². The molecule has 1 heterocycles. The fraction of sp³-hybridized carbons (Fsp3) is 0.600. The van der Waals surface area contributed by atoms with E-state index in [1.807, 2.05) is 0 Å². The second-order valence-corrected chi connectivity index (χ2v) is 3.95. The van der Waals surface area contributed by atoms with Gasteiger partial charge in [0.05, 0.1) is 19.3 Å². The van der Waals surface area contributed by atoms with Crippen molar-refractivity contribution in [3.05, 3.63) is 22.4 Å². The molecule has 0 saturated carbocycles. The molecule has 1 unspecified atom stereocenters. The quantitative estimate of drug-likeness (QED) is 0.709. The summed E-state index contributed by atoms with van der Waals surface area (Å²) in [5, 5.41) is 16.4. The summed E-state index contributed by atoms with van der Waals surface area (Å²) in [6.45, 7) is 1.56. The fourth-order valence-corrected chi connectivity index (χ4v) is 1.94. The molecule has 0 amide bonds. The molecule has 14 heavy (non-hydrogen) atoms. The maximum absolute atomic E-state index is 8.97. The van der Waals surface area contributed by atoms with Crippen LogP contribution in [-0.2, 0) is 11.2 Å². The lowest BCUT2D eigenvalue weighted by Crippen LogP contribution is -2.37. The maximum atomic E-state index is 8.97. The van der Waals surface area contributed by atoms with E-state index in [0.717, 1.165) is 13.0 Å². The molecule has 0 bridgehead atoms. The molecule has 1 aromatic rings. The Kier molecular flexibility index (Phi) is 5.78. The minimum absolute atomic E-state index is 0.0543. The maximum Gasteiger partial charge on any atom is 0.0638 e. The monoisotopic (exact) mass is 215 g/mol. The highest BCUT2D eigenvalue weighted by Gasteiger charge is 2.04. The fourth-order valence-electron chi connectivity index (χ4n) is 1.23. The van der Waals surface area contributed by atoms with Crippen molar-refractivity contribution in [1.29, 1.82) is 0 Å². The van der Waals surface area contributed by atoms with Crippen molar-refractivity contribution in [2.45, 2.75) is 12.5 Å². The van der Waals surface area contributed by atoms with E-state index in [2.05, 4.69) is 22.1 Å². The second-order valence-electron chi connectivity index (χ2n) is 3.17. The molecule has 0 aromatic carbocycles. The van der Waals surface area contributed by atoms with E-state index in [1.54, 1.807) is 18.4 Å². The van der Waals surface area contributed by atoms with E-state index >= 15 is 0 Å². The summed E-state index contributed by atoms with van der Waals surface area (Å²) in [6, 6.07) is 2.18. The van der Waals surface area contributed by atoms with E-state index in [0.29, 0.717) is 6.61 Å². The first-order chi connectivity index (χ1) is 6.86. The minimum atomic E-state index is 0.0543. The van der Waals surface area contributed by atoms with Crippen molar-refractivity contribution >= 4 is 11.3 Å². The Morgan fingerprint density at radius 1 is 1.64 bits per heavy atom. The van der Waals surface area contributed by atoms with Crippen LogP contribution < -0.4 is 5.32 Å².